The second-order valence-corrected chi connectivity index (χ2v) is 2.98. The highest BCUT2D eigenvalue weighted by atomic mass is 19.4. The normalized spacial score (nSPS) is 13.7. The van der Waals surface area contributed by atoms with E-state index in [2.05, 4.69) is 0 Å². The van der Waals surface area contributed by atoms with Crippen LogP contribution in [-0.2, 0) is 0 Å². The fourth-order valence-electron chi connectivity index (χ4n) is 1.04. The van der Waals surface area contributed by atoms with Crippen molar-refractivity contribution < 1.29 is 28.3 Å². The Morgan fingerprint density at radius 3 is 1.87 bits per heavy atom. The molecule has 3 N–H and O–H groups in total. The molecule has 3 nitrogen and oxygen atoms in total. The molecule has 1 atom stereocenters. The maximum Gasteiger partial charge on any atom is 0.488 e. The largest absolute Gasteiger partial charge is 0.488 e. The number of aliphatic hydroxyl groups excluding tert-OH is 1. The summed E-state index contributed by atoms with van der Waals surface area (Å²) in [5.41, 5.74) is -0.278. The van der Waals surface area contributed by atoms with Crippen molar-refractivity contribution in [3.8, 4) is 0 Å². The van der Waals surface area contributed by atoms with Crippen LogP contribution in [0.5, 0.6) is 0 Å². The maximum atomic E-state index is 12.0. The van der Waals surface area contributed by atoms with Crippen molar-refractivity contribution in [2.24, 2.45) is 0 Å². The third-order valence-corrected chi connectivity index (χ3v) is 1.86. The lowest BCUT2D eigenvalue weighted by Gasteiger charge is -2.14. The van der Waals surface area contributed by atoms with Gasteiger partial charge in [-0.05, 0) is 11.0 Å². The lowest BCUT2D eigenvalue weighted by Crippen LogP contribution is -2.30. The zero-order chi connectivity index (χ0) is 11.6. The van der Waals surface area contributed by atoms with Crippen LogP contribution < -0.4 is 5.46 Å². The summed E-state index contributed by atoms with van der Waals surface area (Å²) in [6.07, 6.45) is -7.28. The number of rotatable bonds is 2. The van der Waals surface area contributed by atoms with E-state index < -0.39 is 19.4 Å². The summed E-state index contributed by atoms with van der Waals surface area (Å²) >= 11 is 0. The van der Waals surface area contributed by atoms with E-state index in [1.54, 1.807) is 0 Å². The minimum Gasteiger partial charge on any atom is -0.423 e. The van der Waals surface area contributed by atoms with E-state index in [0.717, 1.165) is 24.3 Å². The van der Waals surface area contributed by atoms with Gasteiger partial charge in [0.05, 0.1) is 0 Å². The zero-order valence-electron chi connectivity index (χ0n) is 7.44. The highest BCUT2D eigenvalue weighted by molar-refractivity contribution is 6.58. The Kier molecular flexibility index (Phi) is 3.38. The van der Waals surface area contributed by atoms with Crippen LogP contribution in [0.25, 0.3) is 0 Å². The van der Waals surface area contributed by atoms with Gasteiger partial charge >= 0.3 is 13.3 Å². The minimum atomic E-state index is -4.72. The van der Waals surface area contributed by atoms with Gasteiger partial charge in [0, 0.05) is 0 Å². The molecule has 1 unspecified atom stereocenters. The van der Waals surface area contributed by atoms with Crippen LogP contribution in [0.1, 0.15) is 11.7 Å². The summed E-state index contributed by atoms with van der Waals surface area (Å²) in [4.78, 5) is 0. The fourth-order valence-corrected chi connectivity index (χ4v) is 1.04. The van der Waals surface area contributed by atoms with Gasteiger partial charge in [0.2, 0.25) is 0 Å². The molecule has 1 aromatic rings. The molecule has 0 spiro atoms. The molecular formula is C8H8BF3O3. The average Bonchev–Trinajstić information content (AvgIpc) is 2.15. The summed E-state index contributed by atoms with van der Waals surface area (Å²) in [6, 6.07) is 4.20. The number of aliphatic hydroxyl groups is 1. The first-order chi connectivity index (χ1) is 6.82. The Labute approximate surface area is 83.9 Å². The zero-order valence-corrected chi connectivity index (χ0v) is 7.44. The molecular weight excluding hydrogens is 212 g/mol. The SMILES string of the molecule is OB(O)c1ccc(C(O)C(F)(F)F)cc1. The molecule has 1 aromatic carbocycles. The third kappa shape index (κ3) is 2.95. The lowest BCUT2D eigenvalue weighted by molar-refractivity contribution is -0.206. The van der Waals surface area contributed by atoms with E-state index in [-0.39, 0.29) is 11.0 Å². The molecule has 0 bridgehead atoms. The van der Waals surface area contributed by atoms with Gasteiger partial charge in [-0.2, -0.15) is 13.2 Å². The van der Waals surface area contributed by atoms with Gasteiger partial charge in [-0.3, -0.25) is 0 Å². The van der Waals surface area contributed by atoms with E-state index >= 15 is 0 Å². The van der Waals surface area contributed by atoms with Crippen molar-refractivity contribution >= 4 is 12.6 Å². The first-order valence-electron chi connectivity index (χ1n) is 4.03. The van der Waals surface area contributed by atoms with E-state index in [1.165, 1.54) is 0 Å². The van der Waals surface area contributed by atoms with Crippen LogP contribution in [-0.4, -0.2) is 28.4 Å². The van der Waals surface area contributed by atoms with Crippen molar-refractivity contribution in [2.45, 2.75) is 12.3 Å². The highest BCUT2D eigenvalue weighted by Crippen LogP contribution is 2.31. The van der Waals surface area contributed by atoms with Crippen molar-refractivity contribution in [1.29, 1.82) is 0 Å². The molecule has 0 saturated carbocycles. The van der Waals surface area contributed by atoms with Crippen LogP contribution in [0.2, 0.25) is 0 Å². The monoisotopic (exact) mass is 220 g/mol. The van der Waals surface area contributed by atoms with Crippen LogP contribution in [0.15, 0.2) is 24.3 Å². The Morgan fingerprint density at radius 1 is 1.07 bits per heavy atom. The summed E-state index contributed by atoms with van der Waals surface area (Å²) < 4.78 is 36.1. The molecule has 0 heterocycles. The predicted molar refractivity (Wildman–Crippen MR) is 47.3 cm³/mol. The number of benzene rings is 1. The van der Waals surface area contributed by atoms with E-state index in [1.807, 2.05) is 0 Å². The molecule has 0 aliphatic heterocycles. The van der Waals surface area contributed by atoms with Crippen LogP contribution in [0.4, 0.5) is 13.2 Å². The van der Waals surface area contributed by atoms with Gasteiger partial charge in [0.15, 0.2) is 6.10 Å². The van der Waals surface area contributed by atoms with E-state index in [9.17, 15) is 13.2 Å². The van der Waals surface area contributed by atoms with Gasteiger partial charge in [0.1, 0.15) is 0 Å². The molecule has 0 amide bonds. The van der Waals surface area contributed by atoms with E-state index in [0.29, 0.717) is 0 Å². The molecule has 0 fully saturated rings. The Bertz CT molecular complexity index is 323. The summed E-state index contributed by atoms with van der Waals surface area (Å²) in [7, 11) is -1.73. The first-order valence-corrected chi connectivity index (χ1v) is 4.03. The van der Waals surface area contributed by atoms with Gasteiger partial charge in [0.25, 0.3) is 0 Å². The van der Waals surface area contributed by atoms with Gasteiger partial charge < -0.3 is 15.2 Å². The molecule has 0 radical (unpaired) electrons. The lowest BCUT2D eigenvalue weighted by atomic mass is 9.80. The minimum absolute atomic E-state index is 0.0631. The quantitative estimate of drug-likeness (QED) is 0.613. The molecule has 15 heavy (non-hydrogen) atoms. The Hall–Kier alpha value is -1.05. The second-order valence-electron chi connectivity index (χ2n) is 2.98. The topological polar surface area (TPSA) is 60.7 Å². The summed E-state index contributed by atoms with van der Waals surface area (Å²) in [5.74, 6) is 0. The van der Waals surface area contributed by atoms with Crippen molar-refractivity contribution in [2.75, 3.05) is 0 Å². The fraction of sp³-hybridized carbons (Fsp3) is 0.250. The van der Waals surface area contributed by atoms with Gasteiger partial charge in [-0.1, -0.05) is 24.3 Å². The smallest absolute Gasteiger partial charge is 0.423 e. The van der Waals surface area contributed by atoms with Gasteiger partial charge in [-0.25, -0.2) is 0 Å². The number of hydrogen-bond donors (Lipinski definition) is 3. The second kappa shape index (κ2) is 4.22. The van der Waals surface area contributed by atoms with Crippen molar-refractivity contribution in [3.63, 3.8) is 0 Å². The van der Waals surface area contributed by atoms with Crippen LogP contribution >= 0.6 is 0 Å². The molecule has 0 saturated heterocycles. The van der Waals surface area contributed by atoms with Crippen LogP contribution in [0.3, 0.4) is 0 Å². The molecule has 0 aliphatic carbocycles. The molecule has 7 heteroatoms. The Morgan fingerprint density at radius 2 is 1.53 bits per heavy atom. The number of hydrogen-bond acceptors (Lipinski definition) is 3. The number of halogens is 3. The Balaban J connectivity index is 2.89. The molecule has 0 aromatic heterocycles. The summed E-state index contributed by atoms with van der Waals surface area (Å²) in [6.45, 7) is 0. The van der Waals surface area contributed by atoms with Crippen molar-refractivity contribution in [3.05, 3.63) is 29.8 Å². The predicted octanol–water partition coefficient (Wildman–Crippen LogP) is -0.0379. The maximum absolute atomic E-state index is 12.0. The van der Waals surface area contributed by atoms with Crippen LogP contribution in [0, 0.1) is 0 Å². The first kappa shape index (κ1) is 12.0. The standard InChI is InChI=1S/C8H8BF3O3/c10-8(11,12)7(13)5-1-3-6(4-2-5)9(14)15/h1-4,7,13-15H. The average molecular weight is 220 g/mol. The van der Waals surface area contributed by atoms with Gasteiger partial charge in [-0.15, -0.1) is 0 Å². The highest BCUT2D eigenvalue weighted by Gasteiger charge is 2.39. The van der Waals surface area contributed by atoms with Crippen molar-refractivity contribution in [1.82, 2.24) is 0 Å². The summed E-state index contributed by atoms with van der Waals surface area (Å²) in [5, 5.41) is 26.2. The third-order valence-electron chi connectivity index (χ3n) is 1.86. The number of alkyl halides is 3. The molecule has 82 valence electrons. The van der Waals surface area contributed by atoms with E-state index in [4.69, 9.17) is 15.2 Å². The molecule has 1 rings (SSSR count). The molecule has 0 aliphatic rings.